The van der Waals surface area contributed by atoms with E-state index in [1.165, 1.54) is 0 Å². The number of anilines is 1. The fraction of sp³-hybridized carbons (Fsp3) is 0.231. The lowest BCUT2D eigenvalue weighted by atomic mass is 10.1. The first-order valence-electron chi connectivity index (χ1n) is 5.48. The van der Waals surface area contributed by atoms with E-state index >= 15 is 0 Å². The molecular formula is C13H13ClN2OS. The number of hydrogen-bond donors (Lipinski definition) is 1. The number of rotatable bonds is 3. The minimum atomic E-state index is -0.0158. The highest BCUT2D eigenvalue weighted by Gasteiger charge is 2.12. The Morgan fingerprint density at radius 3 is 2.67 bits per heavy atom. The summed E-state index contributed by atoms with van der Waals surface area (Å²) in [6.07, 6.45) is 0.291. The van der Waals surface area contributed by atoms with Crippen LogP contribution in [0.1, 0.15) is 25.9 Å². The van der Waals surface area contributed by atoms with E-state index in [1.54, 1.807) is 29.5 Å². The van der Waals surface area contributed by atoms with Gasteiger partial charge in [0.15, 0.2) is 5.78 Å². The van der Waals surface area contributed by atoms with Crippen LogP contribution in [0.3, 0.4) is 0 Å². The van der Waals surface area contributed by atoms with Gasteiger partial charge in [0.05, 0.1) is 12.1 Å². The molecule has 1 aromatic carbocycles. The standard InChI is InChI=1S/C13H13ClN2OS/c1-7-8(2)18-13(16-7)6-12(17)9-3-10(14)5-11(15)4-9/h3-5H,6,15H2,1-2H3. The van der Waals surface area contributed by atoms with Gasteiger partial charge in [0.2, 0.25) is 0 Å². The lowest BCUT2D eigenvalue weighted by molar-refractivity contribution is 0.0993. The average molecular weight is 281 g/mol. The zero-order chi connectivity index (χ0) is 13.3. The molecule has 0 atom stereocenters. The summed E-state index contributed by atoms with van der Waals surface area (Å²) < 4.78 is 0. The summed E-state index contributed by atoms with van der Waals surface area (Å²) in [5.41, 5.74) is 7.68. The molecule has 2 N–H and O–H groups in total. The van der Waals surface area contributed by atoms with Gasteiger partial charge in [0, 0.05) is 21.2 Å². The molecule has 1 aromatic heterocycles. The number of carbonyl (C=O) groups is 1. The van der Waals surface area contributed by atoms with Gasteiger partial charge in [-0.2, -0.15) is 0 Å². The predicted octanol–water partition coefficient (Wildman–Crippen LogP) is 3.42. The third kappa shape index (κ3) is 2.89. The molecule has 0 fully saturated rings. The number of nitrogens with two attached hydrogens (primary N) is 1. The smallest absolute Gasteiger partial charge is 0.169 e. The van der Waals surface area contributed by atoms with Crippen LogP contribution in [0.15, 0.2) is 18.2 Å². The van der Waals surface area contributed by atoms with Gasteiger partial charge in [-0.25, -0.2) is 4.98 Å². The Hall–Kier alpha value is -1.39. The first-order chi connectivity index (χ1) is 8.45. The van der Waals surface area contributed by atoms with E-state index in [0.717, 1.165) is 15.6 Å². The van der Waals surface area contributed by atoms with Crippen molar-refractivity contribution < 1.29 is 4.79 Å². The minimum absolute atomic E-state index is 0.0158. The number of ketones is 1. The van der Waals surface area contributed by atoms with Crippen molar-refractivity contribution >= 4 is 34.4 Å². The molecule has 0 amide bonds. The number of hydrogen-bond acceptors (Lipinski definition) is 4. The Morgan fingerprint density at radius 1 is 1.39 bits per heavy atom. The number of Topliss-reactive ketones (excluding diaryl/α,β-unsaturated/α-hetero) is 1. The summed E-state index contributed by atoms with van der Waals surface area (Å²) >= 11 is 7.43. The van der Waals surface area contributed by atoms with Crippen molar-refractivity contribution in [2.45, 2.75) is 20.3 Å². The summed E-state index contributed by atoms with van der Waals surface area (Å²) in [5.74, 6) is -0.0158. The lowest BCUT2D eigenvalue weighted by Crippen LogP contribution is -2.04. The Balaban J connectivity index is 2.21. The monoisotopic (exact) mass is 280 g/mol. The fourth-order valence-corrected chi connectivity index (χ4v) is 2.80. The average Bonchev–Trinajstić information content (AvgIpc) is 2.56. The summed E-state index contributed by atoms with van der Waals surface area (Å²) in [7, 11) is 0. The largest absolute Gasteiger partial charge is 0.399 e. The van der Waals surface area contributed by atoms with Crippen molar-refractivity contribution in [2.24, 2.45) is 0 Å². The first-order valence-corrected chi connectivity index (χ1v) is 6.67. The van der Waals surface area contributed by atoms with Gasteiger partial charge in [-0.3, -0.25) is 4.79 Å². The third-order valence-corrected chi connectivity index (χ3v) is 3.92. The van der Waals surface area contributed by atoms with Gasteiger partial charge < -0.3 is 5.73 Å². The van der Waals surface area contributed by atoms with E-state index in [-0.39, 0.29) is 5.78 Å². The van der Waals surface area contributed by atoms with Crippen molar-refractivity contribution in [3.8, 4) is 0 Å². The summed E-state index contributed by atoms with van der Waals surface area (Å²) in [6, 6.07) is 4.89. The highest BCUT2D eigenvalue weighted by atomic mass is 35.5. The van der Waals surface area contributed by atoms with Crippen molar-refractivity contribution in [1.82, 2.24) is 4.98 Å². The molecule has 18 heavy (non-hydrogen) atoms. The maximum atomic E-state index is 12.1. The van der Waals surface area contributed by atoms with E-state index in [9.17, 15) is 4.79 Å². The van der Waals surface area contributed by atoms with E-state index in [1.807, 2.05) is 13.8 Å². The molecule has 0 aliphatic heterocycles. The molecule has 0 saturated carbocycles. The van der Waals surface area contributed by atoms with Crippen LogP contribution in [-0.2, 0) is 6.42 Å². The molecule has 0 spiro atoms. The van der Waals surface area contributed by atoms with E-state index in [0.29, 0.717) is 22.7 Å². The number of thiazole rings is 1. The van der Waals surface area contributed by atoms with E-state index in [4.69, 9.17) is 17.3 Å². The van der Waals surface area contributed by atoms with Crippen LogP contribution in [0.4, 0.5) is 5.69 Å². The van der Waals surface area contributed by atoms with Crippen molar-refractivity contribution in [3.63, 3.8) is 0 Å². The minimum Gasteiger partial charge on any atom is -0.399 e. The van der Waals surface area contributed by atoms with Gasteiger partial charge in [-0.15, -0.1) is 11.3 Å². The third-order valence-electron chi connectivity index (χ3n) is 2.63. The molecule has 0 saturated heterocycles. The summed E-state index contributed by atoms with van der Waals surface area (Å²) in [4.78, 5) is 17.6. The van der Waals surface area contributed by atoms with E-state index < -0.39 is 0 Å². The quantitative estimate of drug-likeness (QED) is 0.692. The van der Waals surface area contributed by atoms with Crippen LogP contribution in [0.5, 0.6) is 0 Å². The van der Waals surface area contributed by atoms with Gasteiger partial charge in [0.25, 0.3) is 0 Å². The van der Waals surface area contributed by atoms with E-state index in [2.05, 4.69) is 4.98 Å². The SMILES string of the molecule is Cc1nc(CC(=O)c2cc(N)cc(Cl)c2)sc1C. The number of aromatic nitrogens is 1. The van der Waals surface area contributed by atoms with Crippen LogP contribution >= 0.6 is 22.9 Å². The first kappa shape index (κ1) is 13.1. The van der Waals surface area contributed by atoms with Crippen LogP contribution in [-0.4, -0.2) is 10.8 Å². The van der Waals surface area contributed by atoms with Crippen LogP contribution in [0, 0.1) is 13.8 Å². The van der Waals surface area contributed by atoms with Gasteiger partial charge in [-0.05, 0) is 32.0 Å². The molecule has 0 aliphatic rings. The second kappa shape index (κ2) is 5.08. The van der Waals surface area contributed by atoms with Crippen molar-refractivity contribution in [2.75, 3.05) is 5.73 Å². The van der Waals surface area contributed by atoms with Gasteiger partial charge in [-0.1, -0.05) is 11.6 Å². The fourth-order valence-electron chi connectivity index (χ4n) is 1.63. The normalized spacial score (nSPS) is 10.6. The molecule has 1 heterocycles. The predicted molar refractivity (Wildman–Crippen MR) is 75.5 cm³/mol. The second-order valence-corrected chi connectivity index (χ2v) is 5.85. The van der Waals surface area contributed by atoms with Crippen LogP contribution in [0.2, 0.25) is 5.02 Å². The Kier molecular flexibility index (Phi) is 3.68. The highest BCUT2D eigenvalue weighted by molar-refractivity contribution is 7.11. The maximum absolute atomic E-state index is 12.1. The zero-order valence-corrected chi connectivity index (χ0v) is 11.7. The molecule has 0 radical (unpaired) electrons. The number of nitrogen functional groups attached to an aromatic ring is 1. The zero-order valence-electron chi connectivity index (χ0n) is 10.2. The molecule has 3 nitrogen and oxygen atoms in total. The van der Waals surface area contributed by atoms with Gasteiger partial charge in [0.1, 0.15) is 5.01 Å². The Morgan fingerprint density at radius 2 is 2.11 bits per heavy atom. The second-order valence-electron chi connectivity index (χ2n) is 4.12. The molecule has 0 bridgehead atoms. The van der Waals surface area contributed by atoms with Crippen molar-refractivity contribution in [3.05, 3.63) is 44.4 Å². The molecule has 2 aromatic rings. The number of benzene rings is 1. The van der Waals surface area contributed by atoms with Crippen LogP contribution in [0.25, 0.3) is 0 Å². The Labute approximate surface area is 115 Å². The van der Waals surface area contributed by atoms with Gasteiger partial charge >= 0.3 is 0 Å². The molecule has 94 valence electrons. The topological polar surface area (TPSA) is 56.0 Å². The maximum Gasteiger partial charge on any atom is 0.169 e. The number of halogens is 1. The molecular weight excluding hydrogens is 268 g/mol. The van der Waals surface area contributed by atoms with Crippen molar-refractivity contribution in [1.29, 1.82) is 0 Å². The summed E-state index contributed by atoms with van der Waals surface area (Å²) in [6.45, 7) is 3.94. The molecule has 0 aliphatic carbocycles. The molecule has 2 rings (SSSR count). The number of aryl methyl sites for hydroxylation is 2. The lowest BCUT2D eigenvalue weighted by Gasteiger charge is -2.01. The Bertz CT molecular complexity index is 567. The number of nitrogens with zero attached hydrogens (tertiary/aromatic N) is 1. The summed E-state index contributed by atoms with van der Waals surface area (Å²) in [5, 5.41) is 1.30. The molecule has 5 heteroatoms. The highest BCUT2D eigenvalue weighted by Crippen LogP contribution is 2.21. The number of carbonyl (C=O) groups excluding carboxylic acids is 1. The molecule has 0 unspecified atom stereocenters. The van der Waals surface area contributed by atoms with Crippen LogP contribution < -0.4 is 5.73 Å².